The van der Waals surface area contributed by atoms with E-state index >= 15 is 0 Å². The summed E-state index contributed by atoms with van der Waals surface area (Å²) in [4.78, 5) is 25.1. The molecule has 0 bridgehead atoms. The Bertz CT molecular complexity index is 1120. The topological polar surface area (TPSA) is 72.2 Å². The van der Waals surface area contributed by atoms with Gasteiger partial charge in [-0.15, -0.1) is 0 Å². The Morgan fingerprint density at radius 2 is 1.43 bits per heavy atom. The molecule has 0 aliphatic rings. The van der Waals surface area contributed by atoms with Crippen LogP contribution in [0.15, 0.2) is 95.5 Å². The maximum atomic E-state index is 12.6. The van der Waals surface area contributed by atoms with E-state index in [1.165, 1.54) is 0 Å². The van der Waals surface area contributed by atoms with Crippen LogP contribution in [0, 0.1) is 0 Å². The molecule has 0 saturated heterocycles. The number of ketones is 1. The van der Waals surface area contributed by atoms with E-state index in [1.54, 1.807) is 42.5 Å². The first-order chi connectivity index (χ1) is 13.7. The number of rotatable bonds is 5. The van der Waals surface area contributed by atoms with Gasteiger partial charge in [0.1, 0.15) is 5.69 Å². The summed E-state index contributed by atoms with van der Waals surface area (Å²) in [5.74, 6) is -0.444. The van der Waals surface area contributed by atoms with Gasteiger partial charge in [-0.1, -0.05) is 78.0 Å². The Hall–Kier alpha value is -3.99. The van der Waals surface area contributed by atoms with Crippen LogP contribution in [0.4, 0.5) is 5.69 Å². The van der Waals surface area contributed by atoms with Crippen molar-refractivity contribution < 1.29 is 14.1 Å². The van der Waals surface area contributed by atoms with Crippen LogP contribution in [0.25, 0.3) is 11.3 Å². The second-order valence-electron chi connectivity index (χ2n) is 6.17. The monoisotopic (exact) mass is 368 g/mol. The number of amides is 1. The molecule has 4 rings (SSSR count). The van der Waals surface area contributed by atoms with Gasteiger partial charge in [0.25, 0.3) is 5.91 Å². The smallest absolute Gasteiger partial charge is 0.294 e. The number of nitrogens with one attached hydrogen (secondary N) is 1. The van der Waals surface area contributed by atoms with E-state index in [0.29, 0.717) is 22.5 Å². The summed E-state index contributed by atoms with van der Waals surface area (Å²) in [5.41, 5.74) is 3.03. The molecule has 5 nitrogen and oxygen atoms in total. The zero-order chi connectivity index (χ0) is 19.3. The zero-order valence-corrected chi connectivity index (χ0v) is 14.8. The molecule has 136 valence electrons. The third-order valence-corrected chi connectivity index (χ3v) is 4.22. The Morgan fingerprint density at radius 3 is 2.18 bits per heavy atom. The molecular formula is C23H16N2O3. The fourth-order valence-electron chi connectivity index (χ4n) is 2.81. The molecule has 1 heterocycles. The number of hydrogen-bond donors (Lipinski definition) is 1. The molecule has 1 aromatic heterocycles. The predicted octanol–water partition coefficient (Wildman–Crippen LogP) is 4.82. The first-order valence-corrected chi connectivity index (χ1v) is 8.74. The summed E-state index contributed by atoms with van der Waals surface area (Å²) in [7, 11) is 0. The van der Waals surface area contributed by atoms with Crippen LogP contribution in [0.5, 0.6) is 0 Å². The van der Waals surface area contributed by atoms with Gasteiger partial charge in [-0.3, -0.25) is 9.59 Å². The minimum absolute atomic E-state index is 0.0960. The van der Waals surface area contributed by atoms with Gasteiger partial charge in [0.15, 0.2) is 5.78 Å². The van der Waals surface area contributed by atoms with E-state index in [-0.39, 0.29) is 11.5 Å². The normalized spacial score (nSPS) is 10.4. The standard InChI is InChI=1S/C23H16N2O3/c26-22(17-10-5-2-6-11-17)18-12-7-13-19(14-18)24-23(27)21-15-20(25-28-21)16-8-3-1-4-9-16/h1-15H,(H,24,27). The minimum Gasteiger partial charge on any atom is -0.350 e. The highest BCUT2D eigenvalue weighted by Gasteiger charge is 2.15. The molecule has 0 aliphatic carbocycles. The number of anilines is 1. The average molecular weight is 368 g/mol. The molecule has 0 saturated carbocycles. The second-order valence-corrected chi connectivity index (χ2v) is 6.17. The number of carbonyl (C=O) groups is 2. The highest BCUT2D eigenvalue weighted by atomic mass is 16.5. The van der Waals surface area contributed by atoms with Crippen molar-refractivity contribution in [3.63, 3.8) is 0 Å². The van der Waals surface area contributed by atoms with Crippen LogP contribution in [0.2, 0.25) is 0 Å². The van der Waals surface area contributed by atoms with Gasteiger partial charge in [0.05, 0.1) is 0 Å². The maximum Gasteiger partial charge on any atom is 0.294 e. The molecule has 0 atom stereocenters. The van der Waals surface area contributed by atoms with Crippen LogP contribution in [-0.2, 0) is 0 Å². The lowest BCUT2D eigenvalue weighted by Gasteiger charge is -2.06. The molecule has 1 amide bonds. The van der Waals surface area contributed by atoms with E-state index < -0.39 is 5.91 Å². The third kappa shape index (κ3) is 3.73. The van der Waals surface area contributed by atoms with Crippen LogP contribution in [0.3, 0.4) is 0 Å². The highest BCUT2D eigenvalue weighted by molar-refractivity contribution is 6.10. The summed E-state index contributed by atoms with van der Waals surface area (Å²) in [5, 5.41) is 6.69. The van der Waals surface area contributed by atoms with Crippen LogP contribution in [0.1, 0.15) is 26.5 Å². The summed E-state index contributed by atoms with van der Waals surface area (Å²) in [6.07, 6.45) is 0. The summed E-state index contributed by atoms with van der Waals surface area (Å²) in [6.45, 7) is 0. The molecule has 0 aliphatic heterocycles. The van der Waals surface area contributed by atoms with Gasteiger partial charge < -0.3 is 9.84 Å². The van der Waals surface area contributed by atoms with Gasteiger partial charge >= 0.3 is 0 Å². The molecule has 1 N–H and O–H groups in total. The summed E-state index contributed by atoms with van der Waals surface area (Å²) < 4.78 is 5.17. The van der Waals surface area contributed by atoms with E-state index in [1.807, 2.05) is 48.5 Å². The third-order valence-electron chi connectivity index (χ3n) is 4.22. The molecule has 5 heteroatoms. The lowest BCUT2D eigenvalue weighted by Crippen LogP contribution is -2.11. The molecule has 0 radical (unpaired) electrons. The zero-order valence-electron chi connectivity index (χ0n) is 14.8. The molecule has 28 heavy (non-hydrogen) atoms. The Balaban J connectivity index is 1.51. The first kappa shape index (κ1) is 17.4. The first-order valence-electron chi connectivity index (χ1n) is 8.74. The lowest BCUT2D eigenvalue weighted by atomic mass is 10.0. The average Bonchev–Trinajstić information content (AvgIpc) is 3.25. The van der Waals surface area contributed by atoms with Crippen molar-refractivity contribution in [3.05, 3.63) is 108 Å². The maximum absolute atomic E-state index is 12.6. The van der Waals surface area contributed by atoms with Crippen LogP contribution < -0.4 is 5.32 Å². The van der Waals surface area contributed by atoms with Crippen molar-refractivity contribution in [2.45, 2.75) is 0 Å². The summed E-state index contributed by atoms with van der Waals surface area (Å²) in [6, 6.07) is 26.8. The van der Waals surface area contributed by atoms with E-state index in [9.17, 15) is 9.59 Å². The number of carbonyl (C=O) groups excluding carboxylic acids is 2. The predicted molar refractivity (Wildman–Crippen MR) is 106 cm³/mol. The minimum atomic E-state index is -0.431. The Labute approximate surface area is 161 Å². The van der Waals surface area contributed by atoms with Crippen molar-refractivity contribution in [2.75, 3.05) is 5.32 Å². The van der Waals surface area contributed by atoms with E-state index in [2.05, 4.69) is 10.5 Å². The van der Waals surface area contributed by atoms with Gasteiger partial charge in [-0.25, -0.2) is 0 Å². The Kier molecular flexibility index (Phi) is 4.80. The molecule has 4 aromatic rings. The molecule has 0 unspecified atom stereocenters. The highest BCUT2D eigenvalue weighted by Crippen LogP contribution is 2.20. The fourth-order valence-corrected chi connectivity index (χ4v) is 2.81. The van der Waals surface area contributed by atoms with E-state index in [0.717, 1.165) is 5.56 Å². The van der Waals surface area contributed by atoms with Crippen molar-refractivity contribution in [1.82, 2.24) is 5.16 Å². The van der Waals surface area contributed by atoms with Gasteiger partial charge in [-0.2, -0.15) is 0 Å². The fraction of sp³-hybridized carbons (Fsp3) is 0. The molecule has 0 fully saturated rings. The quantitative estimate of drug-likeness (QED) is 0.512. The lowest BCUT2D eigenvalue weighted by molar-refractivity contribution is 0.0986. The number of benzene rings is 3. The van der Waals surface area contributed by atoms with Crippen LogP contribution >= 0.6 is 0 Å². The molecular weight excluding hydrogens is 352 g/mol. The van der Waals surface area contributed by atoms with Crippen molar-refractivity contribution in [2.24, 2.45) is 0 Å². The van der Waals surface area contributed by atoms with Gasteiger partial charge in [0, 0.05) is 28.4 Å². The van der Waals surface area contributed by atoms with E-state index in [4.69, 9.17) is 4.52 Å². The van der Waals surface area contributed by atoms with Crippen molar-refractivity contribution >= 4 is 17.4 Å². The van der Waals surface area contributed by atoms with Crippen molar-refractivity contribution in [1.29, 1.82) is 0 Å². The number of hydrogen-bond acceptors (Lipinski definition) is 4. The van der Waals surface area contributed by atoms with Gasteiger partial charge in [0.2, 0.25) is 5.76 Å². The van der Waals surface area contributed by atoms with Crippen molar-refractivity contribution in [3.8, 4) is 11.3 Å². The second kappa shape index (κ2) is 7.72. The SMILES string of the molecule is O=C(c1ccccc1)c1cccc(NC(=O)c2cc(-c3ccccc3)no2)c1. The van der Waals surface area contributed by atoms with Crippen LogP contribution in [-0.4, -0.2) is 16.8 Å². The number of aromatic nitrogens is 1. The number of nitrogens with zero attached hydrogens (tertiary/aromatic N) is 1. The summed E-state index contributed by atoms with van der Waals surface area (Å²) >= 11 is 0. The largest absolute Gasteiger partial charge is 0.350 e. The van der Waals surface area contributed by atoms with Gasteiger partial charge in [-0.05, 0) is 12.1 Å². The molecule has 3 aromatic carbocycles. The Morgan fingerprint density at radius 1 is 0.750 bits per heavy atom. The molecule has 0 spiro atoms.